The molecule has 1 N–H and O–H groups in total. The second-order valence-electron chi connectivity index (χ2n) is 4.04. The van der Waals surface area contributed by atoms with Crippen molar-refractivity contribution in [1.82, 2.24) is 15.1 Å². The lowest BCUT2D eigenvalue weighted by Crippen LogP contribution is -2.30. The Morgan fingerprint density at radius 1 is 1.73 bits per heavy atom. The molecule has 1 aromatic rings. The van der Waals surface area contributed by atoms with Crippen LogP contribution in [0.3, 0.4) is 0 Å². The van der Waals surface area contributed by atoms with Crippen molar-refractivity contribution < 1.29 is 4.79 Å². The van der Waals surface area contributed by atoms with E-state index in [9.17, 15) is 4.79 Å². The van der Waals surface area contributed by atoms with E-state index in [0.29, 0.717) is 6.42 Å². The van der Waals surface area contributed by atoms with Gasteiger partial charge in [0.15, 0.2) is 0 Å². The lowest BCUT2D eigenvalue weighted by atomic mass is 9.93. The summed E-state index contributed by atoms with van der Waals surface area (Å²) in [5.74, 6) is 0.122. The summed E-state index contributed by atoms with van der Waals surface area (Å²) >= 11 is 0. The zero-order valence-electron chi connectivity index (χ0n) is 9.29. The number of nitrogens with zero attached hydrogens (tertiary/aromatic N) is 2. The molecule has 0 saturated heterocycles. The van der Waals surface area contributed by atoms with Gasteiger partial charge in [0.2, 0.25) is 5.91 Å². The van der Waals surface area contributed by atoms with Crippen LogP contribution in [0.15, 0.2) is 6.20 Å². The summed E-state index contributed by atoms with van der Waals surface area (Å²) in [5.41, 5.74) is 2.47. The van der Waals surface area contributed by atoms with E-state index in [1.807, 2.05) is 24.9 Å². The zero-order valence-corrected chi connectivity index (χ0v) is 9.29. The first-order valence-corrected chi connectivity index (χ1v) is 5.52. The SMILES string of the molecule is CCC(=O)NC1CCCc2c1cnn2C. The summed E-state index contributed by atoms with van der Waals surface area (Å²) in [6.07, 6.45) is 5.66. The highest BCUT2D eigenvalue weighted by Crippen LogP contribution is 2.28. The Labute approximate surface area is 89.7 Å². The Bertz CT molecular complexity index is 370. The molecule has 0 aliphatic heterocycles. The second kappa shape index (κ2) is 4.04. The van der Waals surface area contributed by atoms with Crippen molar-refractivity contribution in [1.29, 1.82) is 0 Å². The van der Waals surface area contributed by atoms with E-state index in [1.54, 1.807) is 0 Å². The monoisotopic (exact) mass is 207 g/mol. The van der Waals surface area contributed by atoms with E-state index in [2.05, 4.69) is 10.4 Å². The van der Waals surface area contributed by atoms with Crippen LogP contribution >= 0.6 is 0 Å². The lowest BCUT2D eigenvalue weighted by Gasteiger charge is -2.23. The molecule has 1 unspecified atom stereocenters. The molecule has 1 heterocycles. The Morgan fingerprint density at radius 2 is 2.53 bits per heavy atom. The maximum absolute atomic E-state index is 11.4. The van der Waals surface area contributed by atoms with Gasteiger partial charge in [-0.3, -0.25) is 9.48 Å². The quantitative estimate of drug-likeness (QED) is 0.795. The van der Waals surface area contributed by atoms with Crippen molar-refractivity contribution in [3.8, 4) is 0 Å². The van der Waals surface area contributed by atoms with Crippen molar-refractivity contribution >= 4 is 5.91 Å². The van der Waals surface area contributed by atoms with Gasteiger partial charge in [-0.05, 0) is 19.3 Å². The number of rotatable bonds is 2. The van der Waals surface area contributed by atoms with E-state index < -0.39 is 0 Å². The molecule has 1 aromatic heterocycles. The minimum absolute atomic E-state index is 0.122. The molecule has 15 heavy (non-hydrogen) atoms. The first-order chi connectivity index (χ1) is 7.22. The van der Waals surface area contributed by atoms with Gasteiger partial charge in [0, 0.05) is 24.7 Å². The standard InChI is InChI=1S/C11H17N3O/c1-3-11(15)13-9-5-4-6-10-8(9)7-12-14(10)2/h7,9H,3-6H2,1-2H3,(H,13,15). The first kappa shape index (κ1) is 10.2. The van der Waals surface area contributed by atoms with Crippen LogP contribution in [0, 0.1) is 0 Å². The molecule has 1 atom stereocenters. The molecule has 1 amide bonds. The minimum Gasteiger partial charge on any atom is -0.349 e. The van der Waals surface area contributed by atoms with Gasteiger partial charge in [-0.1, -0.05) is 6.92 Å². The van der Waals surface area contributed by atoms with Crippen LogP contribution in [-0.4, -0.2) is 15.7 Å². The largest absolute Gasteiger partial charge is 0.349 e. The molecule has 0 aromatic carbocycles. The fourth-order valence-corrected chi connectivity index (χ4v) is 2.15. The maximum atomic E-state index is 11.4. The topological polar surface area (TPSA) is 46.9 Å². The number of amides is 1. The Hall–Kier alpha value is -1.32. The predicted molar refractivity (Wildman–Crippen MR) is 57.3 cm³/mol. The van der Waals surface area contributed by atoms with Crippen LogP contribution in [0.5, 0.6) is 0 Å². The Kier molecular flexibility index (Phi) is 2.75. The van der Waals surface area contributed by atoms with Gasteiger partial charge in [0.1, 0.15) is 0 Å². The highest BCUT2D eigenvalue weighted by atomic mass is 16.1. The van der Waals surface area contributed by atoms with Gasteiger partial charge in [0.25, 0.3) is 0 Å². The van der Waals surface area contributed by atoms with Gasteiger partial charge >= 0.3 is 0 Å². The third-order valence-corrected chi connectivity index (χ3v) is 3.03. The van der Waals surface area contributed by atoms with E-state index in [4.69, 9.17) is 0 Å². The number of carbonyl (C=O) groups is 1. The fourth-order valence-electron chi connectivity index (χ4n) is 2.15. The smallest absolute Gasteiger partial charge is 0.220 e. The van der Waals surface area contributed by atoms with E-state index in [-0.39, 0.29) is 11.9 Å². The summed E-state index contributed by atoms with van der Waals surface area (Å²) in [6, 6.07) is 0.176. The number of aromatic nitrogens is 2. The van der Waals surface area contributed by atoms with Crippen LogP contribution in [0.4, 0.5) is 0 Å². The molecule has 1 aliphatic rings. The number of carbonyl (C=O) groups excluding carboxylic acids is 1. The van der Waals surface area contributed by atoms with Crippen LogP contribution in [-0.2, 0) is 18.3 Å². The minimum atomic E-state index is 0.122. The molecule has 1 aliphatic carbocycles. The third-order valence-electron chi connectivity index (χ3n) is 3.03. The molecule has 4 nitrogen and oxygen atoms in total. The van der Waals surface area contributed by atoms with Crippen molar-refractivity contribution in [3.63, 3.8) is 0 Å². The van der Waals surface area contributed by atoms with Crippen LogP contribution < -0.4 is 5.32 Å². The molecule has 4 heteroatoms. The molecule has 2 rings (SSSR count). The lowest BCUT2D eigenvalue weighted by molar-refractivity contribution is -0.121. The first-order valence-electron chi connectivity index (χ1n) is 5.52. The van der Waals surface area contributed by atoms with Gasteiger partial charge < -0.3 is 5.32 Å². The van der Waals surface area contributed by atoms with Crippen LogP contribution in [0.1, 0.15) is 43.5 Å². The molecule has 0 saturated carbocycles. The number of nitrogens with one attached hydrogen (secondary N) is 1. The normalized spacial score (nSPS) is 19.7. The maximum Gasteiger partial charge on any atom is 0.220 e. The molecule has 0 spiro atoms. The predicted octanol–water partition coefficient (Wildman–Crippen LogP) is 1.32. The van der Waals surface area contributed by atoms with Gasteiger partial charge in [0.05, 0.1) is 12.2 Å². The van der Waals surface area contributed by atoms with Crippen molar-refractivity contribution in [2.75, 3.05) is 0 Å². The summed E-state index contributed by atoms with van der Waals surface area (Å²) in [4.78, 5) is 11.4. The number of aryl methyl sites for hydroxylation is 1. The third kappa shape index (κ3) is 1.89. The second-order valence-corrected chi connectivity index (χ2v) is 4.04. The van der Waals surface area contributed by atoms with Gasteiger partial charge in [-0.2, -0.15) is 5.10 Å². The molecule has 0 radical (unpaired) electrons. The average Bonchev–Trinajstić information content (AvgIpc) is 2.62. The number of hydrogen-bond donors (Lipinski definition) is 1. The Balaban J connectivity index is 2.19. The van der Waals surface area contributed by atoms with Crippen molar-refractivity contribution in [2.45, 2.75) is 38.6 Å². The highest BCUT2D eigenvalue weighted by molar-refractivity contribution is 5.76. The number of hydrogen-bond acceptors (Lipinski definition) is 2. The van der Waals surface area contributed by atoms with Gasteiger partial charge in [-0.25, -0.2) is 0 Å². The van der Waals surface area contributed by atoms with Crippen LogP contribution in [0.25, 0.3) is 0 Å². The summed E-state index contributed by atoms with van der Waals surface area (Å²) in [5, 5.41) is 7.29. The van der Waals surface area contributed by atoms with Crippen molar-refractivity contribution in [2.24, 2.45) is 7.05 Å². The van der Waals surface area contributed by atoms with Crippen molar-refractivity contribution in [3.05, 3.63) is 17.5 Å². The summed E-state index contributed by atoms with van der Waals surface area (Å²) in [7, 11) is 1.96. The summed E-state index contributed by atoms with van der Waals surface area (Å²) in [6.45, 7) is 1.88. The zero-order chi connectivity index (χ0) is 10.8. The van der Waals surface area contributed by atoms with E-state index >= 15 is 0 Å². The highest BCUT2D eigenvalue weighted by Gasteiger charge is 2.23. The molecular formula is C11H17N3O. The molecule has 0 bridgehead atoms. The van der Waals surface area contributed by atoms with Crippen LogP contribution in [0.2, 0.25) is 0 Å². The van der Waals surface area contributed by atoms with E-state index in [1.165, 1.54) is 11.3 Å². The fraction of sp³-hybridized carbons (Fsp3) is 0.636. The number of fused-ring (bicyclic) bond motifs is 1. The molecular weight excluding hydrogens is 190 g/mol. The van der Waals surface area contributed by atoms with E-state index in [0.717, 1.165) is 19.3 Å². The Morgan fingerprint density at radius 3 is 3.27 bits per heavy atom. The average molecular weight is 207 g/mol. The summed E-state index contributed by atoms with van der Waals surface area (Å²) < 4.78 is 1.92. The van der Waals surface area contributed by atoms with Gasteiger partial charge in [-0.15, -0.1) is 0 Å². The molecule has 0 fully saturated rings. The molecule has 82 valence electrons.